The molecule has 0 saturated carbocycles. The Kier molecular flexibility index (Phi) is 4.80. The Hall–Kier alpha value is -5.74. The summed E-state index contributed by atoms with van der Waals surface area (Å²) in [5, 5.41) is 4.77. The number of para-hydroxylation sites is 4. The first-order chi connectivity index (χ1) is 21.8. The number of nitrogens with zero attached hydrogens (tertiary/aromatic N) is 2. The van der Waals surface area contributed by atoms with Gasteiger partial charge in [0.15, 0.2) is 5.58 Å². The van der Waals surface area contributed by atoms with E-state index in [0.717, 1.165) is 33.3 Å². The Bertz CT molecular complexity index is 2430. The van der Waals surface area contributed by atoms with Crippen molar-refractivity contribution in [2.75, 3.05) is 9.80 Å². The summed E-state index contributed by atoms with van der Waals surface area (Å²) in [6, 6.07) is 54.8. The van der Waals surface area contributed by atoms with Crippen molar-refractivity contribution >= 4 is 89.9 Å². The third-order valence-corrected chi connectivity index (χ3v) is 9.40. The number of benzene rings is 7. The quantitative estimate of drug-likeness (QED) is 0.197. The molecule has 0 fully saturated rings. The summed E-state index contributed by atoms with van der Waals surface area (Å²) < 4.78 is 6.61. The van der Waals surface area contributed by atoms with E-state index < -0.39 is 0 Å². The summed E-state index contributed by atoms with van der Waals surface area (Å²) in [5.74, 6) is 0. The van der Waals surface area contributed by atoms with E-state index in [9.17, 15) is 0 Å². The average molecular weight is 560 g/mol. The van der Waals surface area contributed by atoms with Crippen LogP contribution in [0, 0.1) is 0 Å². The molecule has 204 valence electrons. The Balaban J connectivity index is 1.32. The Labute approximate surface area is 255 Å². The zero-order chi connectivity index (χ0) is 28.8. The number of anilines is 6. The number of hydrogen-bond donors (Lipinski definition) is 0. The first kappa shape index (κ1) is 23.8. The van der Waals surface area contributed by atoms with Gasteiger partial charge in [0.1, 0.15) is 5.58 Å². The maximum Gasteiger partial charge on any atom is 0.252 e. The predicted octanol–water partition coefficient (Wildman–Crippen LogP) is 8.82. The molecule has 3 nitrogen and oxygen atoms in total. The van der Waals surface area contributed by atoms with Gasteiger partial charge < -0.3 is 14.2 Å². The number of hydrogen-bond acceptors (Lipinski definition) is 3. The molecule has 0 amide bonds. The van der Waals surface area contributed by atoms with Gasteiger partial charge in [-0.2, -0.15) is 0 Å². The third kappa shape index (κ3) is 3.17. The highest BCUT2D eigenvalue weighted by Crippen LogP contribution is 2.46. The zero-order valence-electron chi connectivity index (χ0n) is 23.8. The molecule has 0 saturated heterocycles. The molecular formula is C40H25BN2O. The molecule has 2 aliphatic heterocycles. The van der Waals surface area contributed by atoms with Crippen LogP contribution in [0.5, 0.6) is 0 Å². The standard InChI is InChI=1S/C40H25BN2O/c1-2-14-28(15-3-1)42-34-20-11-21-35-39(34)41(32-24-26-12-4-5-13-27(26)25-37(32)42)31-18-7-8-19-33(31)43(35)36-22-10-17-30-29-16-6-9-23-38(29)44-40(30)36/h1-25H. The molecule has 0 atom stereocenters. The fourth-order valence-electron chi connectivity index (χ4n) is 7.59. The number of rotatable bonds is 2. The van der Waals surface area contributed by atoms with Crippen LogP contribution in [0.2, 0.25) is 0 Å². The molecule has 4 heteroatoms. The SMILES string of the molecule is c1ccc(N2c3cc4ccccc4cc3B3c4ccccc4N(c4cccc5c4oc4ccccc45)c4cccc2c43)cc1. The highest BCUT2D eigenvalue weighted by Gasteiger charge is 2.43. The maximum atomic E-state index is 6.61. The van der Waals surface area contributed by atoms with Crippen molar-refractivity contribution in [3.8, 4) is 0 Å². The van der Waals surface area contributed by atoms with Gasteiger partial charge in [-0.25, -0.2) is 0 Å². The van der Waals surface area contributed by atoms with Crippen LogP contribution in [0.4, 0.5) is 34.1 Å². The fourth-order valence-corrected chi connectivity index (χ4v) is 7.59. The summed E-state index contributed by atoms with van der Waals surface area (Å²) in [6.07, 6.45) is 0. The summed E-state index contributed by atoms with van der Waals surface area (Å²) in [6.45, 7) is 0.0862. The Morgan fingerprint density at radius 2 is 1.07 bits per heavy atom. The van der Waals surface area contributed by atoms with Gasteiger partial charge in [-0.15, -0.1) is 0 Å². The zero-order valence-corrected chi connectivity index (χ0v) is 23.8. The van der Waals surface area contributed by atoms with Crippen molar-refractivity contribution in [1.82, 2.24) is 0 Å². The van der Waals surface area contributed by atoms with Gasteiger partial charge >= 0.3 is 0 Å². The minimum atomic E-state index is 0.0862. The molecule has 8 aromatic rings. The molecule has 2 aliphatic rings. The van der Waals surface area contributed by atoms with Gasteiger partial charge in [0.25, 0.3) is 6.71 Å². The fraction of sp³-hybridized carbons (Fsp3) is 0. The molecule has 0 spiro atoms. The van der Waals surface area contributed by atoms with E-state index in [0.29, 0.717) is 0 Å². The topological polar surface area (TPSA) is 19.6 Å². The van der Waals surface area contributed by atoms with Crippen molar-refractivity contribution in [2.45, 2.75) is 0 Å². The summed E-state index contributed by atoms with van der Waals surface area (Å²) in [7, 11) is 0. The molecule has 1 aromatic heterocycles. The molecule has 10 rings (SSSR count). The molecule has 0 N–H and O–H groups in total. The van der Waals surface area contributed by atoms with E-state index in [4.69, 9.17) is 4.42 Å². The summed E-state index contributed by atoms with van der Waals surface area (Å²) in [5.41, 5.74) is 12.7. The summed E-state index contributed by atoms with van der Waals surface area (Å²) >= 11 is 0. The Morgan fingerprint density at radius 3 is 1.95 bits per heavy atom. The van der Waals surface area contributed by atoms with Crippen molar-refractivity contribution < 1.29 is 4.42 Å². The van der Waals surface area contributed by atoms with Gasteiger partial charge in [-0.3, -0.25) is 0 Å². The van der Waals surface area contributed by atoms with Crippen LogP contribution < -0.4 is 26.2 Å². The van der Waals surface area contributed by atoms with E-state index in [-0.39, 0.29) is 6.71 Å². The van der Waals surface area contributed by atoms with E-state index >= 15 is 0 Å². The van der Waals surface area contributed by atoms with Gasteiger partial charge in [-0.05, 0) is 75.7 Å². The van der Waals surface area contributed by atoms with Crippen molar-refractivity contribution in [3.63, 3.8) is 0 Å². The lowest BCUT2D eigenvalue weighted by molar-refractivity contribution is 0.669. The maximum absolute atomic E-state index is 6.61. The molecule has 7 aromatic carbocycles. The molecule has 0 bridgehead atoms. The van der Waals surface area contributed by atoms with Crippen molar-refractivity contribution in [1.29, 1.82) is 0 Å². The highest BCUT2D eigenvalue weighted by atomic mass is 16.3. The number of furan rings is 1. The lowest BCUT2D eigenvalue weighted by Crippen LogP contribution is -2.61. The third-order valence-electron chi connectivity index (χ3n) is 9.40. The van der Waals surface area contributed by atoms with E-state index in [2.05, 4.69) is 155 Å². The van der Waals surface area contributed by atoms with Crippen LogP contribution in [-0.2, 0) is 0 Å². The van der Waals surface area contributed by atoms with Crippen LogP contribution in [-0.4, -0.2) is 6.71 Å². The lowest BCUT2D eigenvalue weighted by Gasteiger charge is -2.44. The molecule has 3 heterocycles. The second-order valence-corrected chi connectivity index (χ2v) is 11.7. The lowest BCUT2D eigenvalue weighted by atomic mass is 9.33. The van der Waals surface area contributed by atoms with E-state index in [1.165, 1.54) is 49.9 Å². The molecule has 0 unspecified atom stereocenters. The normalized spacial score (nSPS) is 13.3. The van der Waals surface area contributed by atoms with Gasteiger partial charge in [0.05, 0.1) is 5.69 Å². The molecule has 44 heavy (non-hydrogen) atoms. The molecule has 0 aliphatic carbocycles. The molecular weight excluding hydrogens is 535 g/mol. The first-order valence-electron chi connectivity index (χ1n) is 15.2. The minimum Gasteiger partial charge on any atom is -0.454 e. The monoisotopic (exact) mass is 560 g/mol. The van der Waals surface area contributed by atoms with Crippen LogP contribution >= 0.6 is 0 Å². The van der Waals surface area contributed by atoms with E-state index in [1.807, 2.05) is 6.07 Å². The smallest absolute Gasteiger partial charge is 0.252 e. The van der Waals surface area contributed by atoms with Gasteiger partial charge in [0, 0.05) is 39.2 Å². The second-order valence-electron chi connectivity index (χ2n) is 11.7. The van der Waals surface area contributed by atoms with Crippen LogP contribution in [0.15, 0.2) is 156 Å². The van der Waals surface area contributed by atoms with Crippen molar-refractivity contribution in [3.05, 3.63) is 152 Å². The highest BCUT2D eigenvalue weighted by molar-refractivity contribution is 7.00. The van der Waals surface area contributed by atoms with Gasteiger partial charge in [-0.1, -0.05) is 103 Å². The number of fused-ring (bicyclic) bond motifs is 8. The largest absolute Gasteiger partial charge is 0.454 e. The van der Waals surface area contributed by atoms with Crippen LogP contribution in [0.1, 0.15) is 0 Å². The van der Waals surface area contributed by atoms with Crippen molar-refractivity contribution in [2.24, 2.45) is 0 Å². The average Bonchev–Trinajstić information content (AvgIpc) is 3.47. The van der Waals surface area contributed by atoms with Gasteiger partial charge in [0.2, 0.25) is 0 Å². The first-order valence-corrected chi connectivity index (χ1v) is 15.2. The van der Waals surface area contributed by atoms with Crippen LogP contribution in [0.3, 0.4) is 0 Å². The van der Waals surface area contributed by atoms with E-state index in [1.54, 1.807) is 0 Å². The predicted molar refractivity (Wildman–Crippen MR) is 185 cm³/mol. The summed E-state index contributed by atoms with van der Waals surface area (Å²) in [4.78, 5) is 4.87. The Morgan fingerprint density at radius 1 is 0.432 bits per heavy atom. The van der Waals surface area contributed by atoms with Crippen LogP contribution in [0.25, 0.3) is 32.7 Å². The second kappa shape index (κ2) is 8.89. The minimum absolute atomic E-state index is 0.0862. The molecule has 0 radical (unpaired) electrons.